The fourth-order valence-electron chi connectivity index (χ4n) is 11.2. The van der Waals surface area contributed by atoms with Gasteiger partial charge in [-0.05, 0) is 104 Å². The van der Waals surface area contributed by atoms with E-state index in [1.165, 1.54) is 51.4 Å². The van der Waals surface area contributed by atoms with Gasteiger partial charge < -0.3 is 34.8 Å². The second kappa shape index (κ2) is 17.1. The summed E-state index contributed by atoms with van der Waals surface area (Å²) in [5, 5.41) is 33.3. The molecule has 0 bridgehead atoms. The molecule has 0 aromatic heterocycles. The van der Waals surface area contributed by atoms with Crippen molar-refractivity contribution in [2.45, 2.75) is 169 Å². The molecule has 8 nitrogen and oxygen atoms in total. The number of carbonyl (C=O) groups is 1. The molecule has 0 aromatic carbocycles. The molecule has 8 heteroatoms. The van der Waals surface area contributed by atoms with E-state index in [2.05, 4.69) is 46.0 Å². The Morgan fingerprint density at radius 3 is 2.49 bits per heavy atom. The molecular weight excluding hydrogens is 618 g/mol. The maximum Gasteiger partial charge on any atom is 0.407 e. The number of hydrogen-bond acceptors (Lipinski definition) is 7. The molecule has 10 unspecified atom stereocenters. The first-order chi connectivity index (χ1) is 23.3. The van der Waals surface area contributed by atoms with Crippen LogP contribution in [0.3, 0.4) is 0 Å². The van der Waals surface area contributed by atoms with Gasteiger partial charge in [0.1, 0.15) is 18.3 Å². The molecule has 49 heavy (non-hydrogen) atoms. The number of ether oxygens (including phenoxy) is 3. The van der Waals surface area contributed by atoms with E-state index >= 15 is 0 Å². The number of nitrogens with one attached hydrogen (secondary N) is 1. The summed E-state index contributed by atoms with van der Waals surface area (Å²) in [4.78, 5) is 12.7. The van der Waals surface area contributed by atoms with Crippen molar-refractivity contribution in [3.8, 4) is 0 Å². The number of rotatable bonds is 14. The summed E-state index contributed by atoms with van der Waals surface area (Å²) < 4.78 is 17.2. The van der Waals surface area contributed by atoms with Gasteiger partial charge in [0.05, 0.1) is 12.7 Å². The molecule has 5 rings (SSSR count). The molecule has 0 aromatic rings. The van der Waals surface area contributed by atoms with Crippen molar-refractivity contribution in [2.24, 2.45) is 52.3 Å². The second-order valence-corrected chi connectivity index (χ2v) is 17.9. The predicted octanol–water partition coefficient (Wildman–Crippen LogP) is 7.77. The normalized spacial score (nSPS) is 41.2. The Bertz CT molecular complexity index is 1100. The van der Waals surface area contributed by atoms with Gasteiger partial charge in [-0.25, -0.2) is 4.79 Å². The summed E-state index contributed by atoms with van der Waals surface area (Å²) in [6.07, 6.45) is 15.1. The zero-order chi connectivity index (χ0) is 35.3. The van der Waals surface area contributed by atoms with E-state index in [-0.39, 0.29) is 30.1 Å². The van der Waals surface area contributed by atoms with Crippen molar-refractivity contribution in [1.29, 1.82) is 0 Å². The minimum atomic E-state index is -1.29. The second-order valence-electron chi connectivity index (χ2n) is 17.9. The van der Waals surface area contributed by atoms with Crippen LogP contribution in [0.1, 0.15) is 138 Å². The van der Waals surface area contributed by atoms with Crippen molar-refractivity contribution in [1.82, 2.24) is 5.32 Å². The minimum absolute atomic E-state index is 0.0337. The number of aliphatic hydroxyl groups is 3. The molecular formula is C41H71NO7. The van der Waals surface area contributed by atoms with Gasteiger partial charge in [0.15, 0.2) is 6.29 Å². The van der Waals surface area contributed by atoms with E-state index in [4.69, 9.17) is 14.2 Å². The van der Waals surface area contributed by atoms with Crippen molar-refractivity contribution in [3.63, 3.8) is 0 Å². The third-order valence-corrected chi connectivity index (χ3v) is 14.2. The molecule has 5 aliphatic rings. The van der Waals surface area contributed by atoms with E-state index in [1.807, 2.05) is 0 Å². The Balaban J connectivity index is 0.996. The number of allylic oxidation sites excluding steroid dienone is 1. The average molecular weight is 690 g/mol. The summed E-state index contributed by atoms with van der Waals surface area (Å²) in [6, 6.07) is 0. The van der Waals surface area contributed by atoms with E-state index < -0.39 is 24.6 Å². The lowest BCUT2D eigenvalue weighted by atomic mass is 9.47. The fraction of sp³-hybridized carbons (Fsp3) is 0.927. The van der Waals surface area contributed by atoms with Crippen LogP contribution >= 0.6 is 0 Å². The van der Waals surface area contributed by atoms with Gasteiger partial charge in [-0.15, -0.1) is 0 Å². The molecule has 0 spiro atoms. The van der Waals surface area contributed by atoms with Gasteiger partial charge in [-0.2, -0.15) is 0 Å². The first-order valence-corrected chi connectivity index (χ1v) is 20.3. The van der Waals surface area contributed by atoms with Crippen LogP contribution in [-0.4, -0.2) is 71.9 Å². The van der Waals surface area contributed by atoms with Gasteiger partial charge in [0, 0.05) is 25.5 Å². The SMILES string of the molecule is CC(C)CCCC(C)C1CCC2C3CC=C4CC(OC(=O)NCCCCCCOC5OCC(C)[C@H](O)C(O)C5O)CC[C@]4(C)C3CC[C@]12C. The van der Waals surface area contributed by atoms with Crippen LogP contribution in [0, 0.1) is 52.3 Å². The molecule has 1 amide bonds. The van der Waals surface area contributed by atoms with Crippen LogP contribution in [0.2, 0.25) is 0 Å². The van der Waals surface area contributed by atoms with Crippen molar-refractivity contribution in [2.75, 3.05) is 19.8 Å². The highest BCUT2D eigenvalue weighted by molar-refractivity contribution is 5.67. The minimum Gasteiger partial charge on any atom is -0.446 e. The number of fused-ring (bicyclic) bond motifs is 5. The molecule has 1 saturated heterocycles. The number of carbonyl (C=O) groups excluding carboxylic acids is 1. The molecule has 13 atom stereocenters. The van der Waals surface area contributed by atoms with Gasteiger partial charge >= 0.3 is 6.09 Å². The summed E-state index contributed by atoms with van der Waals surface area (Å²) in [7, 11) is 0. The molecule has 0 radical (unpaired) electrons. The topological polar surface area (TPSA) is 117 Å². The lowest BCUT2D eigenvalue weighted by Gasteiger charge is -2.58. The van der Waals surface area contributed by atoms with E-state index in [1.54, 1.807) is 12.5 Å². The fourth-order valence-corrected chi connectivity index (χ4v) is 11.2. The molecule has 282 valence electrons. The Hall–Kier alpha value is -1.19. The van der Waals surface area contributed by atoms with Crippen LogP contribution in [-0.2, 0) is 14.2 Å². The highest BCUT2D eigenvalue weighted by atomic mass is 16.7. The highest BCUT2D eigenvalue weighted by Gasteiger charge is 2.59. The van der Waals surface area contributed by atoms with Gasteiger partial charge in [0.25, 0.3) is 0 Å². The van der Waals surface area contributed by atoms with Crippen molar-refractivity contribution < 1.29 is 34.3 Å². The van der Waals surface area contributed by atoms with Gasteiger partial charge in [-0.1, -0.05) is 85.3 Å². The average Bonchev–Trinajstić information content (AvgIpc) is 3.39. The lowest BCUT2D eigenvalue weighted by Crippen LogP contribution is -2.51. The monoisotopic (exact) mass is 690 g/mol. The maximum atomic E-state index is 12.7. The van der Waals surface area contributed by atoms with Crippen LogP contribution < -0.4 is 5.32 Å². The molecule has 1 aliphatic heterocycles. The largest absolute Gasteiger partial charge is 0.446 e. The van der Waals surface area contributed by atoms with Crippen molar-refractivity contribution >= 4 is 6.09 Å². The van der Waals surface area contributed by atoms with E-state index in [0.717, 1.165) is 80.5 Å². The Kier molecular flexibility index (Phi) is 13.6. The number of aliphatic hydroxyl groups excluding tert-OH is 3. The first kappa shape index (κ1) is 39.0. The summed E-state index contributed by atoms with van der Waals surface area (Å²) in [6.45, 7) is 15.5. The summed E-state index contributed by atoms with van der Waals surface area (Å²) >= 11 is 0. The molecule has 4 fully saturated rings. The zero-order valence-electron chi connectivity index (χ0n) is 31.7. The number of alkyl carbamates (subject to hydrolysis) is 1. The Labute approximate surface area is 297 Å². The standard InChI is InChI=1S/C41H71NO7/c1-26(2)12-11-13-27(3)32-16-17-33-31-15-14-29-24-30(18-20-40(29,5)34(31)19-21-41(32,33)6)49-39(46)42-22-9-7-8-10-23-47-38-37(45)36(44)35(43)28(4)25-48-38/h14,26-28,30-38,43-45H,7-13,15-25H2,1-6H3,(H,42,46)/t27?,28?,30?,31?,32?,33?,34?,35-,36?,37?,38?,40-,41+/m0/s1. The van der Waals surface area contributed by atoms with Crippen molar-refractivity contribution in [3.05, 3.63) is 11.6 Å². The van der Waals surface area contributed by atoms with Crippen LogP contribution in [0.25, 0.3) is 0 Å². The Morgan fingerprint density at radius 1 is 0.939 bits per heavy atom. The van der Waals surface area contributed by atoms with E-state index in [0.29, 0.717) is 18.6 Å². The molecule has 1 heterocycles. The predicted molar refractivity (Wildman–Crippen MR) is 193 cm³/mol. The third-order valence-electron chi connectivity index (χ3n) is 14.2. The number of unbranched alkanes of at least 4 members (excludes halogenated alkanes) is 3. The smallest absolute Gasteiger partial charge is 0.407 e. The summed E-state index contributed by atoms with van der Waals surface area (Å²) in [5.41, 5.74) is 2.32. The quantitative estimate of drug-likeness (QED) is 0.109. The van der Waals surface area contributed by atoms with Crippen LogP contribution in [0.5, 0.6) is 0 Å². The van der Waals surface area contributed by atoms with Crippen LogP contribution in [0.4, 0.5) is 4.79 Å². The zero-order valence-corrected chi connectivity index (χ0v) is 31.7. The van der Waals surface area contributed by atoms with E-state index in [9.17, 15) is 20.1 Å². The molecule has 4 N–H and O–H groups in total. The number of amides is 1. The highest BCUT2D eigenvalue weighted by Crippen LogP contribution is 2.67. The maximum absolute atomic E-state index is 12.7. The molecule has 3 saturated carbocycles. The summed E-state index contributed by atoms with van der Waals surface area (Å²) in [5.74, 6) is 4.71. The molecule has 4 aliphatic carbocycles. The van der Waals surface area contributed by atoms with Gasteiger partial charge in [0.2, 0.25) is 0 Å². The Morgan fingerprint density at radius 2 is 1.71 bits per heavy atom. The first-order valence-electron chi connectivity index (χ1n) is 20.3. The third kappa shape index (κ3) is 8.89. The van der Waals surface area contributed by atoms with Gasteiger partial charge in [-0.3, -0.25) is 0 Å². The number of hydrogen-bond donors (Lipinski definition) is 4. The lowest BCUT2D eigenvalue weighted by molar-refractivity contribution is -0.208. The van der Waals surface area contributed by atoms with Crippen LogP contribution in [0.15, 0.2) is 11.6 Å².